The molecule has 11 heteroatoms. The number of benzene rings is 2. The summed E-state index contributed by atoms with van der Waals surface area (Å²) in [6.45, 7) is -0.0876. The molecule has 0 saturated heterocycles. The van der Waals surface area contributed by atoms with Crippen LogP contribution in [0.5, 0.6) is 0 Å². The van der Waals surface area contributed by atoms with Crippen molar-refractivity contribution in [3.63, 3.8) is 0 Å². The van der Waals surface area contributed by atoms with Gasteiger partial charge >= 0.3 is 5.69 Å². The van der Waals surface area contributed by atoms with Gasteiger partial charge in [0, 0.05) is 7.05 Å². The van der Waals surface area contributed by atoms with E-state index in [2.05, 4.69) is 15.0 Å². The molecule has 4 aromatic rings. The first-order chi connectivity index (χ1) is 13.8. The van der Waals surface area contributed by atoms with Gasteiger partial charge in [-0.1, -0.05) is 23.7 Å². The van der Waals surface area contributed by atoms with Crippen LogP contribution in [0.25, 0.3) is 11.0 Å². The Labute approximate surface area is 169 Å². The van der Waals surface area contributed by atoms with Crippen LogP contribution in [0.1, 0.15) is 5.56 Å². The van der Waals surface area contributed by atoms with Gasteiger partial charge in [0.05, 0.1) is 29.6 Å². The number of sulfonamides is 1. The van der Waals surface area contributed by atoms with Crippen LogP contribution in [0.15, 0.2) is 58.6 Å². The highest BCUT2D eigenvalue weighted by molar-refractivity contribution is 7.92. The molecule has 0 fully saturated rings. The summed E-state index contributed by atoms with van der Waals surface area (Å²) >= 11 is 6.14. The van der Waals surface area contributed by atoms with Gasteiger partial charge in [0.15, 0.2) is 0 Å². The van der Waals surface area contributed by atoms with Crippen molar-refractivity contribution >= 4 is 38.3 Å². The number of nitrogens with one attached hydrogen (secondary N) is 2. The summed E-state index contributed by atoms with van der Waals surface area (Å²) in [5.41, 5.74) is 1.43. The van der Waals surface area contributed by atoms with Gasteiger partial charge in [0.2, 0.25) is 5.03 Å². The molecule has 0 bridgehead atoms. The number of imidazole rings is 2. The predicted molar refractivity (Wildman–Crippen MR) is 107 cm³/mol. The quantitative estimate of drug-likeness (QED) is 0.503. The summed E-state index contributed by atoms with van der Waals surface area (Å²) in [6.07, 6.45) is 1.30. The summed E-state index contributed by atoms with van der Waals surface area (Å²) < 4.78 is 42.6. The van der Waals surface area contributed by atoms with Crippen LogP contribution in [0, 0.1) is 5.82 Å². The van der Waals surface area contributed by atoms with Crippen LogP contribution < -0.4 is 9.99 Å². The van der Waals surface area contributed by atoms with Gasteiger partial charge in [-0.2, -0.15) is 8.42 Å². The number of hydrogen-bond donors (Lipinski definition) is 2. The van der Waals surface area contributed by atoms with E-state index >= 15 is 0 Å². The molecule has 2 aromatic carbocycles. The lowest BCUT2D eigenvalue weighted by molar-refractivity contribution is 0.587. The number of H-pyrrole nitrogens is 2. The second kappa shape index (κ2) is 7.05. The maximum absolute atomic E-state index is 13.4. The SMILES string of the molecule is Cn1cnc(S(=O)(=O)N(Cc2ccc(F)cc2)c2ccc3[nH]c(=O)[nH]c3c2)c1Cl. The van der Waals surface area contributed by atoms with Crippen LogP contribution in [-0.4, -0.2) is 27.9 Å². The van der Waals surface area contributed by atoms with E-state index in [9.17, 15) is 17.6 Å². The Kier molecular flexibility index (Phi) is 4.67. The summed E-state index contributed by atoms with van der Waals surface area (Å²) in [6, 6.07) is 10.2. The lowest BCUT2D eigenvalue weighted by Gasteiger charge is -2.24. The molecule has 0 aliphatic rings. The Morgan fingerprint density at radius 1 is 1.14 bits per heavy atom. The fourth-order valence-corrected chi connectivity index (χ4v) is 4.76. The second-order valence-electron chi connectivity index (χ2n) is 6.40. The van der Waals surface area contributed by atoms with E-state index in [1.807, 2.05) is 0 Å². The third-order valence-electron chi connectivity index (χ3n) is 4.40. The van der Waals surface area contributed by atoms with Gasteiger partial charge < -0.3 is 14.5 Å². The number of aromatic nitrogens is 4. The second-order valence-corrected chi connectivity index (χ2v) is 8.53. The molecule has 4 rings (SSSR count). The largest absolute Gasteiger partial charge is 0.324 e. The third-order valence-corrected chi connectivity index (χ3v) is 6.66. The zero-order chi connectivity index (χ0) is 20.8. The van der Waals surface area contributed by atoms with E-state index in [4.69, 9.17) is 11.6 Å². The number of nitrogens with zero attached hydrogens (tertiary/aromatic N) is 3. The summed E-state index contributed by atoms with van der Waals surface area (Å²) in [5, 5.41) is -0.336. The van der Waals surface area contributed by atoms with E-state index in [0.29, 0.717) is 22.3 Å². The van der Waals surface area contributed by atoms with Crippen molar-refractivity contribution < 1.29 is 12.8 Å². The monoisotopic (exact) mass is 435 g/mol. The summed E-state index contributed by atoms with van der Waals surface area (Å²) in [4.78, 5) is 20.7. The summed E-state index contributed by atoms with van der Waals surface area (Å²) in [5.74, 6) is -0.428. The fourth-order valence-electron chi connectivity index (χ4n) is 2.92. The van der Waals surface area contributed by atoms with Gasteiger partial charge in [0.1, 0.15) is 11.0 Å². The highest BCUT2D eigenvalue weighted by Crippen LogP contribution is 2.30. The minimum absolute atomic E-state index is 0.0368. The van der Waals surface area contributed by atoms with Crippen molar-refractivity contribution in [1.82, 2.24) is 19.5 Å². The van der Waals surface area contributed by atoms with Gasteiger partial charge in [-0.25, -0.2) is 14.2 Å². The smallest absolute Gasteiger partial charge is 0.323 e. The maximum Gasteiger partial charge on any atom is 0.323 e. The normalized spacial score (nSPS) is 11.8. The Morgan fingerprint density at radius 2 is 1.83 bits per heavy atom. The van der Waals surface area contributed by atoms with Gasteiger partial charge in [-0.15, -0.1) is 0 Å². The van der Waals surface area contributed by atoms with Gasteiger partial charge in [0.25, 0.3) is 10.0 Å². The number of rotatable bonds is 5. The molecule has 0 radical (unpaired) electrons. The topological polar surface area (TPSA) is 104 Å². The van der Waals surface area contributed by atoms with Crippen LogP contribution in [-0.2, 0) is 23.6 Å². The molecule has 2 aromatic heterocycles. The third kappa shape index (κ3) is 3.52. The lowest BCUT2D eigenvalue weighted by atomic mass is 10.2. The molecule has 0 spiro atoms. The lowest BCUT2D eigenvalue weighted by Crippen LogP contribution is -2.31. The molecular formula is C18H15ClFN5O3S. The number of halogens is 2. The Balaban J connectivity index is 1.86. The zero-order valence-electron chi connectivity index (χ0n) is 15.1. The number of aromatic amines is 2. The predicted octanol–water partition coefficient (Wildman–Crippen LogP) is 2.78. The average molecular weight is 436 g/mol. The number of aryl methyl sites for hydroxylation is 1. The van der Waals surface area contributed by atoms with Crippen LogP contribution in [0.3, 0.4) is 0 Å². The molecule has 0 saturated carbocycles. The Morgan fingerprint density at radius 3 is 2.48 bits per heavy atom. The molecule has 2 heterocycles. The van der Waals surface area contributed by atoms with Crippen molar-refractivity contribution in [2.45, 2.75) is 11.6 Å². The molecule has 0 unspecified atom stereocenters. The maximum atomic E-state index is 13.4. The first-order valence-corrected chi connectivity index (χ1v) is 10.2. The molecule has 8 nitrogen and oxygen atoms in total. The van der Waals surface area contributed by atoms with E-state index in [1.165, 1.54) is 41.2 Å². The van der Waals surface area contributed by atoms with Crippen molar-refractivity contribution in [3.8, 4) is 0 Å². The van der Waals surface area contributed by atoms with E-state index in [0.717, 1.165) is 4.31 Å². The average Bonchev–Trinajstić information content (AvgIpc) is 3.22. The van der Waals surface area contributed by atoms with Gasteiger partial charge in [-0.3, -0.25) is 4.31 Å². The molecular weight excluding hydrogens is 421 g/mol. The minimum atomic E-state index is -4.16. The molecule has 29 heavy (non-hydrogen) atoms. The standard InChI is InChI=1S/C18H15ClFN5O3S/c1-24-10-21-17(16(24)19)29(27,28)25(9-11-2-4-12(20)5-3-11)13-6-7-14-15(8-13)23-18(26)22-14/h2-8,10H,9H2,1H3,(H2,22,23,26). The molecule has 0 amide bonds. The van der Waals surface area contributed by atoms with E-state index in [1.54, 1.807) is 19.2 Å². The first-order valence-electron chi connectivity index (χ1n) is 8.42. The summed E-state index contributed by atoms with van der Waals surface area (Å²) in [7, 11) is -2.58. The molecule has 0 aliphatic heterocycles. The highest BCUT2D eigenvalue weighted by Gasteiger charge is 2.31. The van der Waals surface area contributed by atoms with Crippen LogP contribution in [0.2, 0.25) is 5.15 Å². The fraction of sp³-hybridized carbons (Fsp3) is 0.111. The Hall–Kier alpha value is -3.11. The number of fused-ring (bicyclic) bond motifs is 1. The molecule has 150 valence electrons. The van der Waals surface area contributed by atoms with Crippen molar-refractivity contribution in [3.05, 3.63) is 75.8 Å². The highest BCUT2D eigenvalue weighted by atomic mass is 35.5. The van der Waals surface area contributed by atoms with Crippen molar-refractivity contribution in [1.29, 1.82) is 0 Å². The minimum Gasteiger partial charge on any atom is -0.324 e. The van der Waals surface area contributed by atoms with Gasteiger partial charge in [-0.05, 0) is 35.9 Å². The molecule has 2 N–H and O–H groups in total. The Bertz CT molecular complexity index is 1360. The molecule has 0 aliphatic carbocycles. The number of hydrogen-bond acceptors (Lipinski definition) is 4. The number of anilines is 1. The van der Waals surface area contributed by atoms with Crippen LogP contribution >= 0.6 is 11.6 Å². The van der Waals surface area contributed by atoms with Crippen LogP contribution in [0.4, 0.5) is 10.1 Å². The first kappa shape index (κ1) is 19.2. The molecule has 0 atom stereocenters. The van der Waals surface area contributed by atoms with Crippen molar-refractivity contribution in [2.24, 2.45) is 7.05 Å². The van der Waals surface area contributed by atoms with E-state index < -0.39 is 21.5 Å². The van der Waals surface area contributed by atoms with E-state index in [-0.39, 0.29) is 16.7 Å². The van der Waals surface area contributed by atoms with Crippen molar-refractivity contribution in [2.75, 3.05) is 4.31 Å². The zero-order valence-corrected chi connectivity index (χ0v) is 16.6.